The maximum absolute atomic E-state index is 11.4. The molecule has 0 N–H and O–H groups in total. The van der Waals surface area contributed by atoms with E-state index in [9.17, 15) is 4.79 Å². The smallest absolute Gasteiger partial charge is 0.302 e. The van der Waals surface area contributed by atoms with Crippen LogP contribution >= 0.6 is 0 Å². The van der Waals surface area contributed by atoms with Gasteiger partial charge < -0.3 is 9.47 Å². The van der Waals surface area contributed by atoms with Crippen molar-refractivity contribution in [3.8, 4) is 0 Å². The van der Waals surface area contributed by atoms with Crippen LogP contribution in [0.3, 0.4) is 0 Å². The Morgan fingerprint density at radius 2 is 1.95 bits per heavy atom. The first-order valence-corrected chi connectivity index (χ1v) is 8.13. The predicted octanol–water partition coefficient (Wildman–Crippen LogP) is 3.56. The van der Waals surface area contributed by atoms with E-state index < -0.39 is 0 Å². The molecule has 0 aromatic heterocycles. The highest BCUT2D eigenvalue weighted by Crippen LogP contribution is 2.61. The molecule has 0 amide bonds. The third kappa shape index (κ3) is 1.93. The highest BCUT2D eigenvalue weighted by atomic mass is 16.5. The lowest BCUT2D eigenvalue weighted by Gasteiger charge is -2.42. The molecule has 114 valence electrons. The SMILES string of the molecule is CC(=O)OC1CC2CC3(OC2(C)C)C(C)CCC3C1C. The van der Waals surface area contributed by atoms with Crippen molar-refractivity contribution in [3.63, 3.8) is 0 Å². The lowest BCUT2D eigenvalue weighted by atomic mass is 9.76. The van der Waals surface area contributed by atoms with Crippen molar-refractivity contribution < 1.29 is 14.3 Å². The zero-order chi connectivity index (χ0) is 14.7. The van der Waals surface area contributed by atoms with E-state index in [1.807, 2.05) is 0 Å². The Labute approximate surface area is 122 Å². The number of esters is 1. The Morgan fingerprint density at radius 3 is 2.60 bits per heavy atom. The summed E-state index contributed by atoms with van der Waals surface area (Å²) in [6.45, 7) is 10.6. The minimum atomic E-state index is -0.140. The lowest BCUT2D eigenvalue weighted by Crippen LogP contribution is -2.47. The van der Waals surface area contributed by atoms with E-state index in [0.717, 1.165) is 12.8 Å². The molecule has 1 saturated heterocycles. The highest BCUT2D eigenvalue weighted by Gasteiger charge is 2.63. The van der Waals surface area contributed by atoms with Crippen LogP contribution in [-0.2, 0) is 14.3 Å². The molecule has 2 bridgehead atoms. The van der Waals surface area contributed by atoms with Gasteiger partial charge in [-0.05, 0) is 63.2 Å². The van der Waals surface area contributed by atoms with Gasteiger partial charge in [-0.2, -0.15) is 0 Å². The zero-order valence-corrected chi connectivity index (χ0v) is 13.4. The maximum atomic E-state index is 11.4. The first kappa shape index (κ1) is 14.4. The molecule has 2 saturated carbocycles. The fourth-order valence-corrected chi connectivity index (χ4v) is 5.26. The topological polar surface area (TPSA) is 35.5 Å². The van der Waals surface area contributed by atoms with Crippen molar-refractivity contribution in [2.75, 3.05) is 0 Å². The predicted molar refractivity (Wildman–Crippen MR) is 77.2 cm³/mol. The Balaban J connectivity index is 1.96. The van der Waals surface area contributed by atoms with Crippen molar-refractivity contribution in [1.82, 2.24) is 0 Å². The van der Waals surface area contributed by atoms with Crippen LogP contribution in [-0.4, -0.2) is 23.3 Å². The van der Waals surface area contributed by atoms with Crippen LogP contribution in [0.2, 0.25) is 0 Å². The van der Waals surface area contributed by atoms with Crippen LogP contribution in [0.1, 0.15) is 60.3 Å². The molecule has 0 aromatic rings. The Hall–Kier alpha value is -0.570. The summed E-state index contributed by atoms with van der Waals surface area (Å²) in [6, 6.07) is 0. The van der Waals surface area contributed by atoms with E-state index in [-0.39, 0.29) is 23.3 Å². The molecule has 3 heteroatoms. The zero-order valence-electron chi connectivity index (χ0n) is 13.4. The third-order valence-corrected chi connectivity index (χ3v) is 6.43. The molecule has 20 heavy (non-hydrogen) atoms. The second kappa shape index (κ2) is 4.46. The normalized spacial score (nSPS) is 49.5. The summed E-state index contributed by atoms with van der Waals surface area (Å²) in [6.07, 6.45) is 4.62. The van der Waals surface area contributed by atoms with Crippen LogP contribution in [0.15, 0.2) is 0 Å². The molecule has 0 aromatic carbocycles. The molecule has 3 rings (SSSR count). The first-order chi connectivity index (χ1) is 9.26. The van der Waals surface area contributed by atoms with Crippen LogP contribution in [0.5, 0.6) is 0 Å². The van der Waals surface area contributed by atoms with Gasteiger partial charge in [0.1, 0.15) is 6.10 Å². The quantitative estimate of drug-likeness (QED) is 0.689. The Morgan fingerprint density at radius 1 is 1.25 bits per heavy atom. The number of fused-ring (bicyclic) bond motifs is 1. The van der Waals surface area contributed by atoms with Gasteiger partial charge in [-0.1, -0.05) is 13.8 Å². The molecular formula is C17H28O3. The van der Waals surface area contributed by atoms with Gasteiger partial charge >= 0.3 is 5.97 Å². The van der Waals surface area contributed by atoms with Gasteiger partial charge in [0, 0.05) is 6.92 Å². The standard InChI is InChI=1S/C17H28O3/c1-10-6-7-14-11(2)15(19-12(3)18)8-13-9-17(10,14)20-16(13,4)5/h10-11,13-15H,6-9H2,1-5H3. The van der Waals surface area contributed by atoms with E-state index in [1.165, 1.54) is 19.8 Å². The number of hydrogen-bond acceptors (Lipinski definition) is 3. The summed E-state index contributed by atoms with van der Waals surface area (Å²) in [5.74, 6) is 1.92. The second-order valence-electron chi connectivity index (χ2n) is 7.89. The van der Waals surface area contributed by atoms with Gasteiger partial charge in [0.15, 0.2) is 0 Å². The molecular weight excluding hydrogens is 252 g/mol. The van der Waals surface area contributed by atoms with Crippen molar-refractivity contribution in [1.29, 1.82) is 0 Å². The van der Waals surface area contributed by atoms with E-state index >= 15 is 0 Å². The van der Waals surface area contributed by atoms with Gasteiger partial charge in [-0.3, -0.25) is 4.79 Å². The number of ether oxygens (including phenoxy) is 2. The number of carbonyl (C=O) groups is 1. The lowest BCUT2D eigenvalue weighted by molar-refractivity contribution is -0.173. The first-order valence-electron chi connectivity index (χ1n) is 8.13. The van der Waals surface area contributed by atoms with Crippen LogP contribution < -0.4 is 0 Å². The Bertz CT molecular complexity index is 416. The fourth-order valence-electron chi connectivity index (χ4n) is 5.26. The molecule has 0 radical (unpaired) electrons. The fraction of sp³-hybridized carbons (Fsp3) is 0.941. The van der Waals surface area contributed by atoms with Crippen molar-refractivity contribution in [2.45, 2.75) is 77.6 Å². The average molecular weight is 280 g/mol. The summed E-state index contributed by atoms with van der Waals surface area (Å²) < 4.78 is 12.3. The average Bonchev–Trinajstić information content (AvgIpc) is 2.72. The number of hydrogen-bond donors (Lipinski definition) is 0. The van der Waals surface area contributed by atoms with Gasteiger partial charge in [0.05, 0.1) is 11.2 Å². The summed E-state index contributed by atoms with van der Waals surface area (Å²) in [4.78, 5) is 11.4. The summed E-state index contributed by atoms with van der Waals surface area (Å²) in [5.41, 5.74) is -0.0577. The molecule has 3 nitrogen and oxygen atoms in total. The third-order valence-electron chi connectivity index (χ3n) is 6.43. The Kier molecular flexibility index (Phi) is 3.20. The van der Waals surface area contributed by atoms with Crippen molar-refractivity contribution in [2.24, 2.45) is 23.7 Å². The molecule has 1 aliphatic heterocycles. The molecule has 6 atom stereocenters. The summed E-state index contributed by atoms with van der Waals surface area (Å²) in [5, 5.41) is 0. The minimum Gasteiger partial charge on any atom is -0.462 e. The van der Waals surface area contributed by atoms with E-state index in [4.69, 9.17) is 9.47 Å². The van der Waals surface area contributed by atoms with E-state index in [1.54, 1.807) is 0 Å². The van der Waals surface area contributed by atoms with Crippen LogP contribution in [0.25, 0.3) is 0 Å². The van der Waals surface area contributed by atoms with E-state index in [2.05, 4.69) is 27.7 Å². The molecule has 3 fully saturated rings. The van der Waals surface area contributed by atoms with Gasteiger partial charge in [0.2, 0.25) is 0 Å². The highest BCUT2D eigenvalue weighted by molar-refractivity contribution is 5.66. The van der Waals surface area contributed by atoms with Gasteiger partial charge in [0.25, 0.3) is 0 Å². The number of carbonyl (C=O) groups excluding carboxylic acids is 1. The van der Waals surface area contributed by atoms with Gasteiger partial charge in [-0.25, -0.2) is 0 Å². The van der Waals surface area contributed by atoms with Gasteiger partial charge in [-0.15, -0.1) is 0 Å². The van der Waals surface area contributed by atoms with Crippen LogP contribution in [0, 0.1) is 23.7 Å². The minimum absolute atomic E-state index is 0.0302. The number of rotatable bonds is 1. The molecule has 2 aliphatic carbocycles. The van der Waals surface area contributed by atoms with Crippen molar-refractivity contribution >= 4 is 5.97 Å². The summed E-state index contributed by atoms with van der Waals surface area (Å²) >= 11 is 0. The molecule has 6 unspecified atom stereocenters. The molecule has 3 aliphatic rings. The molecule has 1 spiro atoms. The van der Waals surface area contributed by atoms with Crippen molar-refractivity contribution in [3.05, 3.63) is 0 Å². The largest absolute Gasteiger partial charge is 0.462 e. The summed E-state index contributed by atoms with van der Waals surface area (Å²) in [7, 11) is 0. The molecule has 1 heterocycles. The maximum Gasteiger partial charge on any atom is 0.302 e. The monoisotopic (exact) mass is 280 g/mol. The van der Waals surface area contributed by atoms with E-state index in [0.29, 0.717) is 23.7 Å². The van der Waals surface area contributed by atoms with Crippen LogP contribution in [0.4, 0.5) is 0 Å². The second-order valence-corrected chi connectivity index (χ2v) is 7.89.